The van der Waals surface area contributed by atoms with E-state index in [0.717, 1.165) is 11.1 Å². The zero-order chi connectivity index (χ0) is 12.4. The molecular formula is C13H13N3O. The van der Waals surface area contributed by atoms with Gasteiger partial charge in [-0.25, -0.2) is 0 Å². The molecule has 1 amide bonds. The molecular weight excluding hydrogens is 214 g/mol. The average Bonchev–Trinajstić information content (AvgIpc) is 2.31. The fraction of sp³-hybridized carbons (Fsp3) is 0. The van der Waals surface area contributed by atoms with Gasteiger partial charge in [-0.05, 0) is 35.9 Å². The minimum atomic E-state index is -0.471. The normalized spacial score (nSPS) is 10.1. The van der Waals surface area contributed by atoms with Gasteiger partial charge in [-0.3, -0.25) is 4.79 Å². The monoisotopic (exact) mass is 227 g/mol. The number of benzene rings is 2. The Bertz CT molecular complexity index is 561. The van der Waals surface area contributed by atoms with E-state index in [4.69, 9.17) is 17.2 Å². The molecule has 4 heteroatoms. The van der Waals surface area contributed by atoms with Gasteiger partial charge in [0.25, 0.3) is 0 Å². The van der Waals surface area contributed by atoms with Crippen LogP contribution in [0.3, 0.4) is 0 Å². The van der Waals surface area contributed by atoms with Crippen LogP contribution in [-0.2, 0) is 0 Å². The number of carbonyl (C=O) groups excluding carboxylic acids is 1. The lowest BCUT2D eigenvalue weighted by Crippen LogP contribution is -2.11. The number of nitrogen functional groups attached to an aromatic ring is 2. The van der Waals surface area contributed by atoms with Crippen LogP contribution in [0.15, 0.2) is 42.5 Å². The van der Waals surface area contributed by atoms with Crippen LogP contribution in [0.1, 0.15) is 10.4 Å². The summed E-state index contributed by atoms with van der Waals surface area (Å²) >= 11 is 0. The number of carbonyl (C=O) groups is 1. The summed E-state index contributed by atoms with van der Waals surface area (Å²) in [6.45, 7) is 0. The SMILES string of the molecule is NC(=O)c1ccc(N)c(-c2ccc(N)cc2)c1. The molecule has 0 unspecified atom stereocenters. The predicted molar refractivity (Wildman–Crippen MR) is 69.2 cm³/mol. The first-order valence-electron chi connectivity index (χ1n) is 5.13. The van der Waals surface area contributed by atoms with E-state index in [9.17, 15) is 4.79 Å². The molecule has 0 bridgehead atoms. The summed E-state index contributed by atoms with van der Waals surface area (Å²) in [6, 6.07) is 12.2. The third-order valence-corrected chi connectivity index (χ3v) is 2.56. The van der Waals surface area contributed by atoms with E-state index in [0.29, 0.717) is 16.9 Å². The van der Waals surface area contributed by atoms with Crippen LogP contribution in [0.5, 0.6) is 0 Å². The molecule has 4 nitrogen and oxygen atoms in total. The number of rotatable bonds is 2. The van der Waals surface area contributed by atoms with Crippen LogP contribution < -0.4 is 17.2 Å². The molecule has 0 saturated carbocycles. The van der Waals surface area contributed by atoms with Gasteiger partial charge in [-0.2, -0.15) is 0 Å². The maximum Gasteiger partial charge on any atom is 0.248 e. The van der Waals surface area contributed by atoms with Gasteiger partial charge >= 0.3 is 0 Å². The summed E-state index contributed by atoms with van der Waals surface area (Å²) in [5.74, 6) is -0.471. The lowest BCUT2D eigenvalue weighted by molar-refractivity contribution is 0.100. The molecule has 0 aliphatic rings. The Morgan fingerprint density at radius 2 is 1.59 bits per heavy atom. The number of amides is 1. The maximum atomic E-state index is 11.1. The van der Waals surface area contributed by atoms with Gasteiger partial charge in [0.1, 0.15) is 0 Å². The van der Waals surface area contributed by atoms with E-state index < -0.39 is 5.91 Å². The minimum absolute atomic E-state index is 0.436. The van der Waals surface area contributed by atoms with Gasteiger partial charge in [-0.1, -0.05) is 12.1 Å². The molecule has 17 heavy (non-hydrogen) atoms. The first kappa shape index (κ1) is 11.0. The number of anilines is 2. The Kier molecular flexibility index (Phi) is 2.70. The Balaban J connectivity index is 2.54. The van der Waals surface area contributed by atoms with Crippen molar-refractivity contribution in [2.45, 2.75) is 0 Å². The van der Waals surface area contributed by atoms with E-state index >= 15 is 0 Å². The summed E-state index contributed by atoms with van der Waals surface area (Å²) in [5, 5.41) is 0. The molecule has 0 radical (unpaired) electrons. The first-order valence-corrected chi connectivity index (χ1v) is 5.13. The standard InChI is InChI=1S/C13H13N3O/c14-10-4-1-8(2-5-10)11-7-9(13(16)17)3-6-12(11)15/h1-7H,14-15H2,(H2,16,17). The zero-order valence-electron chi connectivity index (χ0n) is 9.18. The molecule has 0 aliphatic carbocycles. The van der Waals surface area contributed by atoms with Crippen LogP contribution in [0.25, 0.3) is 11.1 Å². The van der Waals surface area contributed by atoms with Crippen LogP contribution in [0, 0.1) is 0 Å². The second-order valence-electron chi connectivity index (χ2n) is 3.79. The smallest absolute Gasteiger partial charge is 0.248 e. The fourth-order valence-electron chi connectivity index (χ4n) is 1.62. The average molecular weight is 227 g/mol. The van der Waals surface area contributed by atoms with Crippen LogP contribution >= 0.6 is 0 Å². The zero-order valence-corrected chi connectivity index (χ0v) is 9.18. The van der Waals surface area contributed by atoms with Crippen LogP contribution in [0.2, 0.25) is 0 Å². The molecule has 0 aliphatic heterocycles. The van der Waals surface area contributed by atoms with Crippen molar-refractivity contribution >= 4 is 17.3 Å². The molecule has 0 spiro atoms. The molecule has 6 N–H and O–H groups in total. The van der Waals surface area contributed by atoms with Gasteiger partial charge in [0.05, 0.1) is 0 Å². The van der Waals surface area contributed by atoms with Crippen molar-refractivity contribution < 1.29 is 4.79 Å². The fourth-order valence-corrected chi connectivity index (χ4v) is 1.62. The highest BCUT2D eigenvalue weighted by Gasteiger charge is 2.07. The molecule has 0 saturated heterocycles. The van der Waals surface area contributed by atoms with E-state index in [1.165, 1.54) is 0 Å². The third-order valence-electron chi connectivity index (χ3n) is 2.56. The van der Waals surface area contributed by atoms with Gasteiger partial charge in [0.2, 0.25) is 5.91 Å². The summed E-state index contributed by atoms with van der Waals surface area (Å²) in [6.07, 6.45) is 0. The first-order chi connectivity index (χ1) is 8.08. The van der Waals surface area contributed by atoms with Crippen LogP contribution in [-0.4, -0.2) is 5.91 Å². The number of nitrogens with two attached hydrogens (primary N) is 3. The highest BCUT2D eigenvalue weighted by atomic mass is 16.1. The highest BCUT2D eigenvalue weighted by Crippen LogP contribution is 2.27. The molecule has 0 fully saturated rings. The van der Waals surface area contributed by atoms with Crippen molar-refractivity contribution in [3.05, 3.63) is 48.0 Å². The minimum Gasteiger partial charge on any atom is -0.399 e. The Morgan fingerprint density at radius 3 is 2.18 bits per heavy atom. The molecule has 2 aromatic carbocycles. The lowest BCUT2D eigenvalue weighted by atomic mass is 10.0. The van der Waals surface area contributed by atoms with Crippen LogP contribution in [0.4, 0.5) is 11.4 Å². The van der Waals surface area contributed by atoms with Gasteiger partial charge in [-0.15, -0.1) is 0 Å². The molecule has 0 atom stereocenters. The van der Waals surface area contributed by atoms with E-state index in [1.807, 2.05) is 12.1 Å². The third kappa shape index (κ3) is 2.20. The Morgan fingerprint density at radius 1 is 0.941 bits per heavy atom. The lowest BCUT2D eigenvalue weighted by Gasteiger charge is -2.07. The highest BCUT2D eigenvalue weighted by molar-refractivity contribution is 5.95. The summed E-state index contributed by atoms with van der Waals surface area (Å²) in [7, 11) is 0. The van der Waals surface area contributed by atoms with Crippen molar-refractivity contribution in [3.8, 4) is 11.1 Å². The van der Waals surface area contributed by atoms with E-state index in [2.05, 4.69) is 0 Å². The van der Waals surface area contributed by atoms with E-state index in [1.54, 1.807) is 30.3 Å². The number of hydrogen-bond donors (Lipinski definition) is 3. The van der Waals surface area contributed by atoms with Crippen molar-refractivity contribution in [2.24, 2.45) is 5.73 Å². The van der Waals surface area contributed by atoms with Crippen molar-refractivity contribution in [2.75, 3.05) is 11.5 Å². The largest absolute Gasteiger partial charge is 0.399 e. The quantitative estimate of drug-likeness (QED) is 0.680. The maximum absolute atomic E-state index is 11.1. The summed E-state index contributed by atoms with van der Waals surface area (Å²) in [5.41, 5.74) is 20.1. The summed E-state index contributed by atoms with van der Waals surface area (Å²) in [4.78, 5) is 11.1. The van der Waals surface area contributed by atoms with Gasteiger partial charge in [0, 0.05) is 22.5 Å². The second-order valence-corrected chi connectivity index (χ2v) is 3.79. The molecule has 2 aromatic rings. The summed E-state index contributed by atoms with van der Waals surface area (Å²) < 4.78 is 0. The van der Waals surface area contributed by atoms with Crippen molar-refractivity contribution in [3.63, 3.8) is 0 Å². The molecule has 0 heterocycles. The Labute approximate surface area is 99.0 Å². The Hall–Kier alpha value is -2.49. The second kappa shape index (κ2) is 4.17. The molecule has 86 valence electrons. The van der Waals surface area contributed by atoms with Gasteiger partial charge < -0.3 is 17.2 Å². The number of primary amides is 1. The number of hydrogen-bond acceptors (Lipinski definition) is 3. The predicted octanol–water partition coefficient (Wildman–Crippen LogP) is 1.62. The molecule has 2 rings (SSSR count). The molecule has 0 aromatic heterocycles. The van der Waals surface area contributed by atoms with Crippen molar-refractivity contribution in [1.82, 2.24) is 0 Å². The van der Waals surface area contributed by atoms with E-state index in [-0.39, 0.29) is 0 Å². The van der Waals surface area contributed by atoms with Crippen molar-refractivity contribution in [1.29, 1.82) is 0 Å². The topological polar surface area (TPSA) is 95.1 Å². The van der Waals surface area contributed by atoms with Gasteiger partial charge in [0.15, 0.2) is 0 Å².